The number of anilines is 1. The number of nitrogens with zero attached hydrogens (tertiary/aromatic N) is 2. The Morgan fingerprint density at radius 3 is 3.06 bits per heavy atom. The largest absolute Gasteiger partial charge is 0.323 e. The molecule has 1 N–H and O–H groups in total. The lowest BCUT2D eigenvalue weighted by Gasteiger charge is -2.08. The zero-order valence-electron chi connectivity index (χ0n) is 10.1. The number of thioether (sulfide) groups is 1. The molecule has 0 saturated carbocycles. The first kappa shape index (κ1) is 13.1. The second kappa shape index (κ2) is 6.58. The van der Waals surface area contributed by atoms with Gasteiger partial charge < -0.3 is 5.32 Å². The van der Waals surface area contributed by atoms with E-state index in [2.05, 4.69) is 17.3 Å². The van der Waals surface area contributed by atoms with Gasteiger partial charge >= 0.3 is 0 Å². The predicted molar refractivity (Wildman–Crippen MR) is 68.7 cm³/mol. The molecule has 1 unspecified atom stereocenters. The minimum Gasteiger partial charge on any atom is -0.323 e. The topological polar surface area (TPSA) is 46.9 Å². The molecule has 1 aromatic heterocycles. The zero-order chi connectivity index (χ0) is 12.0. The average molecular weight is 241 g/mol. The smallest absolute Gasteiger partial charge is 0.228 e. The van der Waals surface area contributed by atoms with Crippen molar-refractivity contribution in [3.8, 4) is 0 Å². The van der Waals surface area contributed by atoms with Crippen LogP contribution in [0, 0.1) is 5.92 Å². The van der Waals surface area contributed by atoms with E-state index in [0.717, 1.165) is 24.4 Å². The molecule has 0 aliphatic rings. The standard InChI is InChI=1S/C11H19N3OS/c1-4-5-14-7-10(6-12-14)13-11(15)9(2)8-16-3/h6-7,9H,4-5,8H2,1-3H3,(H,13,15). The second-order valence-corrected chi connectivity index (χ2v) is 4.75. The highest BCUT2D eigenvalue weighted by molar-refractivity contribution is 7.98. The van der Waals surface area contributed by atoms with E-state index in [0.29, 0.717) is 0 Å². The summed E-state index contributed by atoms with van der Waals surface area (Å²) in [7, 11) is 0. The fraction of sp³-hybridized carbons (Fsp3) is 0.636. The molecule has 0 saturated heterocycles. The molecular formula is C11H19N3OS. The van der Waals surface area contributed by atoms with E-state index in [1.54, 1.807) is 18.0 Å². The average Bonchev–Trinajstić information content (AvgIpc) is 2.66. The monoisotopic (exact) mass is 241 g/mol. The van der Waals surface area contributed by atoms with Gasteiger partial charge in [-0.25, -0.2) is 0 Å². The van der Waals surface area contributed by atoms with Gasteiger partial charge in [-0.2, -0.15) is 16.9 Å². The summed E-state index contributed by atoms with van der Waals surface area (Å²) in [5.74, 6) is 0.935. The lowest BCUT2D eigenvalue weighted by molar-refractivity contribution is -0.118. The fourth-order valence-electron chi connectivity index (χ4n) is 1.37. The zero-order valence-corrected chi connectivity index (χ0v) is 10.9. The third kappa shape index (κ3) is 3.89. The number of carbonyl (C=O) groups is 1. The Morgan fingerprint density at radius 2 is 2.44 bits per heavy atom. The molecule has 0 aliphatic carbocycles. The third-order valence-corrected chi connectivity index (χ3v) is 3.05. The SMILES string of the molecule is CCCn1cc(NC(=O)C(C)CSC)cn1. The minimum atomic E-state index is 0.0320. The Hall–Kier alpha value is -0.970. The number of nitrogens with one attached hydrogen (secondary N) is 1. The van der Waals surface area contributed by atoms with E-state index in [1.807, 2.05) is 24.1 Å². The maximum absolute atomic E-state index is 11.7. The molecule has 0 spiro atoms. The number of rotatable bonds is 6. The molecule has 0 aliphatic heterocycles. The van der Waals surface area contributed by atoms with Crippen LogP contribution in [0.15, 0.2) is 12.4 Å². The van der Waals surface area contributed by atoms with Crippen LogP contribution in [0.5, 0.6) is 0 Å². The van der Waals surface area contributed by atoms with E-state index in [4.69, 9.17) is 0 Å². The van der Waals surface area contributed by atoms with Crippen molar-refractivity contribution >= 4 is 23.4 Å². The maximum Gasteiger partial charge on any atom is 0.228 e. The highest BCUT2D eigenvalue weighted by Gasteiger charge is 2.12. The molecule has 1 rings (SSSR count). The van der Waals surface area contributed by atoms with Gasteiger partial charge in [0.1, 0.15) is 0 Å². The minimum absolute atomic E-state index is 0.0320. The van der Waals surface area contributed by atoms with E-state index in [1.165, 1.54) is 0 Å². The quantitative estimate of drug-likeness (QED) is 0.830. The van der Waals surface area contributed by atoms with Crippen LogP contribution in [-0.2, 0) is 11.3 Å². The Bertz CT molecular complexity index is 338. The predicted octanol–water partition coefficient (Wildman–Crippen LogP) is 2.23. The van der Waals surface area contributed by atoms with Gasteiger partial charge in [0, 0.05) is 24.4 Å². The van der Waals surface area contributed by atoms with E-state index in [9.17, 15) is 4.79 Å². The molecular weight excluding hydrogens is 222 g/mol. The summed E-state index contributed by atoms with van der Waals surface area (Å²) in [4.78, 5) is 11.7. The van der Waals surface area contributed by atoms with Crippen LogP contribution in [0.2, 0.25) is 0 Å². The Kier molecular flexibility index (Phi) is 5.38. The molecule has 90 valence electrons. The first-order chi connectivity index (χ1) is 7.67. The summed E-state index contributed by atoms with van der Waals surface area (Å²) < 4.78 is 1.84. The molecule has 0 aromatic carbocycles. The van der Waals surface area contributed by atoms with Gasteiger partial charge in [-0.3, -0.25) is 9.48 Å². The Labute approximate surface area is 101 Å². The van der Waals surface area contributed by atoms with Gasteiger partial charge in [0.05, 0.1) is 11.9 Å². The molecule has 5 heteroatoms. The van der Waals surface area contributed by atoms with Gasteiger partial charge in [0.25, 0.3) is 0 Å². The van der Waals surface area contributed by atoms with E-state index >= 15 is 0 Å². The summed E-state index contributed by atoms with van der Waals surface area (Å²) >= 11 is 1.68. The van der Waals surface area contributed by atoms with Crippen LogP contribution < -0.4 is 5.32 Å². The van der Waals surface area contributed by atoms with Gasteiger partial charge in [0.15, 0.2) is 0 Å². The van der Waals surface area contributed by atoms with Crippen LogP contribution in [0.1, 0.15) is 20.3 Å². The first-order valence-corrected chi connectivity index (χ1v) is 6.89. The molecule has 0 fully saturated rings. The molecule has 4 nitrogen and oxygen atoms in total. The normalized spacial score (nSPS) is 12.4. The van der Waals surface area contributed by atoms with Crippen molar-refractivity contribution in [2.24, 2.45) is 5.92 Å². The number of aromatic nitrogens is 2. The first-order valence-electron chi connectivity index (χ1n) is 5.49. The molecule has 0 radical (unpaired) electrons. The lowest BCUT2D eigenvalue weighted by atomic mass is 10.2. The molecule has 1 amide bonds. The van der Waals surface area contributed by atoms with Crippen LogP contribution >= 0.6 is 11.8 Å². The van der Waals surface area contributed by atoms with Crippen molar-refractivity contribution in [1.82, 2.24) is 9.78 Å². The Balaban J connectivity index is 2.49. The maximum atomic E-state index is 11.7. The van der Waals surface area contributed by atoms with Gasteiger partial charge in [-0.05, 0) is 12.7 Å². The van der Waals surface area contributed by atoms with Crippen molar-refractivity contribution < 1.29 is 4.79 Å². The highest BCUT2D eigenvalue weighted by atomic mass is 32.2. The summed E-state index contributed by atoms with van der Waals surface area (Å²) in [6.07, 6.45) is 6.60. The number of aryl methyl sites for hydroxylation is 1. The molecule has 1 aromatic rings. The van der Waals surface area contributed by atoms with Crippen molar-refractivity contribution in [2.75, 3.05) is 17.3 Å². The third-order valence-electron chi connectivity index (χ3n) is 2.22. The van der Waals surface area contributed by atoms with Crippen molar-refractivity contribution in [1.29, 1.82) is 0 Å². The Morgan fingerprint density at radius 1 is 1.69 bits per heavy atom. The summed E-state index contributed by atoms with van der Waals surface area (Å²) in [5, 5.41) is 7.03. The van der Waals surface area contributed by atoms with Crippen molar-refractivity contribution in [2.45, 2.75) is 26.8 Å². The van der Waals surface area contributed by atoms with Crippen molar-refractivity contribution in [3.63, 3.8) is 0 Å². The number of carbonyl (C=O) groups excluding carboxylic acids is 1. The van der Waals surface area contributed by atoms with Gasteiger partial charge in [-0.1, -0.05) is 13.8 Å². The number of hydrogen-bond donors (Lipinski definition) is 1. The van der Waals surface area contributed by atoms with Crippen LogP contribution in [-0.4, -0.2) is 27.7 Å². The van der Waals surface area contributed by atoms with Gasteiger partial charge in [-0.15, -0.1) is 0 Å². The van der Waals surface area contributed by atoms with Crippen LogP contribution in [0.3, 0.4) is 0 Å². The number of amides is 1. The lowest BCUT2D eigenvalue weighted by Crippen LogP contribution is -2.21. The van der Waals surface area contributed by atoms with Crippen molar-refractivity contribution in [3.05, 3.63) is 12.4 Å². The molecule has 1 heterocycles. The fourth-order valence-corrected chi connectivity index (χ4v) is 2.02. The summed E-state index contributed by atoms with van der Waals surface area (Å²) in [5.41, 5.74) is 0.784. The van der Waals surface area contributed by atoms with E-state index in [-0.39, 0.29) is 11.8 Å². The van der Waals surface area contributed by atoms with Crippen LogP contribution in [0.25, 0.3) is 0 Å². The second-order valence-electron chi connectivity index (χ2n) is 3.84. The number of hydrogen-bond acceptors (Lipinski definition) is 3. The van der Waals surface area contributed by atoms with Gasteiger partial charge in [0.2, 0.25) is 5.91 Å². The highest BCUT2D eigenvalue weighted by Crippen LogP contribution is 2.10. The summed E-state index contributed by atoms with van der Waals surface area (Å²) in [6.45, 7) is 4.92. The van der Waals surface area contributed by atoms with Crippen LogP contribution in [0.4, 0.5) is 5.69 Å². The molecule has 0 bridgehead atoms. The van der Waals surface area contributed by atoms with E-state index < -0.39 is 0 Å². The molecule has 1 atom stereocenters. The molecule has 16 heavy (non-hydrogen) atoms. The summed E-state index contributed by atoms with van der Waals surface area (Å²) in [6, 6.07) is 0.